The Morgan fingerprint density at radius 1 is 1.20 bits per heavy atom. The molecule has 1 aromatic heterocycles. The van der Waals surface area contributed by atoms with Crippen molar-refractivity contribution < 1.29 is 18.7 Å². The Balaban J connectivity index is 1.97. The zero-order valence-electron chi connectivity index (χ0n) is 10.3. The minimum Gasteiger partial charge on any atom is -0.394 e. The molecule has 2 aromatic rings. The molecule has 0 aliphatic carbocycles. The summed E-state index contributed by atoms with van der Waals surface area (Å²) in [7, 11) is 0. The molecule has 0 saturated heterocycles. The lowest BCUT2D eigenvalue weighted by atomic mass is 10.3. The van der Waals surface area contributed by atoms with Gasteiger partial charge in [-0.15, -0.1) is 0 Å². The van der Waals surface area contributed by atoms with E-state index in [0.717, 1.165) is 12.1 Å². The molecule has 2 amide bonds. The van der Waals surface area contributed by atoms with Crippen LogP contribution in [-0.2, 0) is 6.54 Å². The van der Waals surface area contributed by atoms with Crippen LogP contribution < -0.4 is 10.6 Å². The number of aromatic nitrogens is 2. The monoisotopic (exact) mass is 282 g/mol. The van der Waals surface area contributed by atoms with Gasteiger partial charge in [-0.3, -0.25) is 4.68 Å². The number of hydrogen-bond donors (Lipinski definition) is 3. The highest BCUT2D eigenvalue weighted by molar-refractivity contribution is 5.99. The van der Waals surface area contributed by atoms with Crippen molar-refractivity contribution >= 4 is 17.4 Å². The number of carbonyl (C=O) groups excluding carboxylic acids is 1. The van der Waals surface area contributed by atoms with Crippen molar-refractivity contribution in [2.45, 2.75) is 6.54 Å². The molecule has 2 rings (SSSR count). The van der Waals surface area contributed by atoms with E-state index in [-0.39, 0.29) is 12.3 Å². The van der Waals surface area contributed by atoms with E-state index >= 15 is 0 Å². The second-order valence-corrected chi connectivity index (χ2v) is 3.95. The Kier molecular flexibility index (Phi) is 4.26. The summed E-state index contributed by atoms with van der Waals surface area (Å²) in [5, 5.41) is 17.4. The lowest BCUT2D eigenvalue weighted by Crippen LogP contribution is -2.19. The molecule has 20 heavy (non-hydrogen) atoms. The molecule has 106 valence electrons. The first-order chi connectivity index (χ1) is 9.56. The van der Waals surface area contributed by atoms with Gasteiger partial charge in [-0.05, 0) is 12.1 Å². The first-order valence-electron chi connectivity index (χ1n) is 5.74. The van der Waals surface area contributed by atoms with Gasteiger partial charge in [-0.1, -0.05) is 0 Å². The lowest BCUT2D eigenvalue weighted by Gasteiger charge is -2.06. The first kappa shape index (κ1) is 13.9. The van der Waals surface area contributed by atoms with Crippen LogP contribution in [0, 0.1) is 11.6 Å². The SMILES string of the molecule is O=C(Nc1cc(F)cc(F)c1)Nc1cnn(CCO)c1. The summed E-state index contributed by atoms with van der Waals surface area (Å²) in [4.78, 5) is 11.6. The van der Waals surface area contributed by atoms with E-state index in [1.54, 1.807) is 0 Å². The zero-order chi connectivity index (χ0) is 14.5. The zero-order valence-corrected chi connectivity index (χ0v) is 10.3. The minimum atomic E-state index is -0.781. The van der Waals surface area contributed by atoms with Gasteiger partial charge in [0.15, 0.2) is 0 Å². The van der Waals surface area contributed by atoms with E-state index in [1.165, 1.54) is 17.1 Å². The minimum absolute atomic E-state index is 0.00255. The van der Waals surface area contributed by atoms with E-state index in [9.17, 15) is 13.6 Å². The van der Waals surface area contributed by atoms with Crippen molar-refractivity contribution in [1.29, 1.82) is 0 Å². The number of urea groups is 1. The van der Waals surface area contributed by atoms with Crippen LogP contribution in [0.4, 0.5) is 25.0 Å². The third-order valence-electron chi connectivity index (χ3n) is 2.34. The maximum atomic E-state index is 12.9. The first-order valence-corrected chi connectivity index (χ1v) is 5.74. The van der Waals surface area contributed by atoms with Gasteiger partial charge >= 0.3 is 6.03 Å². The number of benzene rings is 1. The van der Waals surface area contributed by atoms with Gasteiger partial charge in [-0.25, -0.2) is 13.6 Å². The molecule has 0 spiro atoms. The number of aliphatic hydroxyl groups excluding tert-OH is 1. The predicted octanol–water partition coefficient (Wildman–Crippen LogP) is 1.80. The van der Waals surface area contributed by atoms with Gasteiger partial charge < -0.3 is 15.7 Å². The second kappa shape index (κ2) is 6.11. The highest BCUT2D eigenvalue weighted by Crippen LogP contribution is 2.13. The molecule has 0 saturated carbocycles. The molecule has 1 heterocycles. The number of amides is 2. The quantitative estimate of drug-likeness (QED) is 0.800. The van der Waals surface area contributed by atoms with Gasteiger partial charge in [0, 0.05) is 18.0 Å². The molecule has 6 nitrogen and oxygen atoms in total. The van der Waals surface area contributed by atoms with Gasteiger partial charge in [0.05, 0.1) is 25.0 Å². The molecule has 0 aliphatic heterocycles. The van der Waals surface area contributed by atoms with E-state index < -0.39 is 17.7 Å². The third-order valence-corrected chi connectivity index (χ3v) is 2.34. The summed E-state index contributed by atoms with van der Waals surface area (Å²) in [6.45, 7) is 0.230. The smallest absolute Gasteiger partial charge is 0.323 e. The summed E-state index contributed by atoms with van der Waals surface area (Å²) in [6, 6.07) is 2.05. The van der Waals surface area contributed by atoms with Crippen LogP contribution >= 0.6 is 0 Å². The van der Waals surface area contributed by atoms with E-state index in [1.807, 2.05) is 0 Å². The van der Waals surface area contributed by atoms with Crippen molar-refractivity contribution in [2.24, 2.45) is 0 Å². The Hall–Kier alpha value is -2.48. The van der Waals surface area contributed by atoms with Crippen molar-refractivity contribution in [1.82, 2.24) is 9.78 Å². The molecule has 0 fully saturated rings. The summed E-state index contributed by atoms with van der Waals surface area (Å²) in [5.41, 5.74) is 0.399. The highest BCUT2D eigenvalue weighted by Gasteiger charge is 2.07. The molecule has 0 atom stereocenters. The molecule has 0 unspecified atom stereocenters. The fourth-order valence-electron chi connectivity index (χ4n) is 1.57. The van der Waals surface area contributed by atoms with Crippen molar-refractivity contribution in [3.8, 4) is 0 Å². The lowest BCUT2D eigenvalue weighted by molar-refractivity contribution is 0.262. The maximum Gasteiger partial charge on any atom is 0.323 e. The summed E-state index contributed by atoms with van der Waals surface area (Å²) >= 11 is 0. The van der Waals surface area contributed by atoms with Crippen molar-refractivity contribution in [3.63, 3.8) is 0 Å². The van der Waals surface area contributed by atoms with Crippen molar-refractivity contribution in [3.05, 3.63) is 42.2 Å². The summed E-state index contributed by atoms with van der Waals surface area (Å²) < 4.78 is 27.3. The van der Waals surface area contributed by atoms with Crippen LogP contribution in [0.1, 0.15) is 0 Å². The standard InChI is InChI=1S/C12H12F2N4O2/c13-8-3-9(14)5-10(4-8)16-12(20)17-11-6-15-18(7-11)1-2-19/h3-7,19H,1-2H2,(H2,16,17,20). The van der Waals surface area contributed by atoms with Crippen LogP contribution in [0.25, 0.3) is 0 Å². The number of hydrogen-bond acceptors (Lipinski definition) is 3. The van der Waals surface area contributed by atoms with E-state index in [2.05, 4.69) is 15.7 Å². The fraction of sp³-hybridized carbons (Fsp3) is 0.167. The normalized spacial score (nSPS) is 10.3. The average molecular weight is 282 g/mol. The molecule has 0 radical (unpaired) electrons. The van der Waals surface area contributed by atoms with E-state index in [0.29, 0.717) is 18.3 Å². The highest BCUT2D eigenvalue weighted by atomic mass is 19.1. The maximum absolute atomic E-state index is 12.9. The number of halogens is 2. The average Bonchev–Trinajstić information content (AvgIpc) is 2.75. The van der Waals surface area contributed by atoms with Gasteiger partial charge in [0.25, 0.3) is 0 Å². The number of aliphatic hydroxyl groups is 1. The number of nitrogens with zero attached hydrogens (tertiary/aromatic N) is 2. The van der Waals surface area contributed by atoms with E-state index in [4.69, 9.17) is 5.11 Å². The molecular formula is C12H12F2N4O2. The van der Waals surface area contributed by atoms with Gasteiger partial charge in [0.1, 0.15) is 11.6 Å². The second-order valence-electron chi connectivity index (χ2n) is 3.95. The third kappa shape index (κ3) is 3.75. The number of anilines is 2. The van der Waals surface area contributed by atoms with Crippen LogP contribution in [-0.4, -0.2) is 27.5 Å². The van der Waals surface area contributed by atoms with Gasteiger partial charge in [0.2, 0.25) is 0 Å². The predicted molar refractivity (Wildman–Crippen MR) is 68.3 cm³/mol. The topological polar surface area (TPSA) is 79.2 Å². The molecule has 3 N–H and O–H groups in total. The van der Waals surface area contributed by atoms with Crippen LogP contribution in [0.3, 0.4) is 0 Å². The Morgan fingerprint density at radius 3 is 2.50 bits per heavy atom. The summed E-state index contributed by atoms with van der Waals surface area (Å²) in [5.74, 6) is -1.56. The number of carbonyl (C=O) groups is 1. The fourth-order valence-corrected chi connectivity index (χ4v) is 1.57. The van der Waals surface area contributed by atoms with Crippen LogP contribution in [0.5, 0.6) is 0 Å². The molecular weight excluding hydrogens is 270 g/mol. The number of nitrogens with one attached hydrogen (secondary N) is 2. The molecule has 8 heteroatoms. The van der Waals surface area contributed by atoms with Crippen LogP contribution in [0.2, 0.25) is 0 Å². The molecule has 0 aliphatic rings. The Labute approximate surface area is 113 Å². The molecule has 1 aromatic carbocycles. The molecule has 0 bridgehead atoms. The van der Waals surface area contributed by atoms with Crippen molar-refractivity contribution in [2.75, 3.05) is 17.2 Å². The largest absolute Gasteiger partial charge is 0.394 e. The Morgan fingerprint density at radius 2 is 1.85 bits per heavy atom. The van der Waals surface area contributed by atoms with Crippen LogP contribution in [0.15, 0.2) is 30.6 Å². The summed E-state index contributed by atoms with van der Waals surface area (Å²) in [6.07, 6.45) is 2.91. The Bertz CT molecular complexity index is 595. The number of rotatable bonds is 4. The van der Waals surface area contributed by atoms with Gasteiger partial charge in [-0.2, -0.15) is 5.10 Å².